The summed E-state index contributed by atoms with van der Waals surface area (Å²) < 4.78 is 0. The number of carbonyl (C=O) groups excluding carboxylic acids is 1. The smallest absolute Gasteiger partial charge is 0.222 e. The fourth-order valence-corrected chi connectivity index (χ4v) is 1.73. The quantitative estimate of drug-likeness (QED) is 0.723. The van der Waals surface area contributed by atoms with Crippen LogP contribution in [0.4, 0.5) is 0 Å². The van der Waals surface area contributed by atoms with Gasteiger partial charge in [0.25, 0.3) is 0 Å². The highest BCUT2D eigenvalue weighted by Gasteiger charge is 2.22. The molecule has 0 aromatic rings. The van der Waals surface area contributed by atoms with E-state index in [9.17, 15) is 4.79 Å². The Labute approximate surface area is 102 Å². The van der Waals surface area contributed by atoms with Crippen molar-refractivity contribution >= 4 is 5.91 Å². The molecule has 0 unspecified atom stereocenters. The van der Waals surface area contributed by atoms with E-state index in [1.165, 1.54) is 19.3 Å². The predicted octanol–water partition coefficient (Wildman–Crippen LogP) is 4.00. The molecule has 1 rings (SSSR count). The van der Waals surface area contributed by atoms with Gasteiger partial charge in [-0.3, -0.25) is 4.79 Å². The summed E-state index contributed by atoms with van der Waals surface area (Å²) in [7, 11) is 1.72. The van der Waals surface area contributed by atoms with Gasteiger partial charge in [-0.1, -0.05) is 41.0 Å². The Morgan fingerprint density at radius 1 is 1.12 bits per heavy atom. The van der Waals surface area contributed by atoms with Crippen LogP contribution in [0.25, 0.3) is 0 Å². The molecule has 1 aliphatic carbocycles. The first kappa shape index (κ1) is 17.9. The molecule has 2 nitrogen and oxygen atoms in total. The summed E-state index contributed by atoms with van der Waals surface area (Å²) in [4.78, 5) is 11.2. The number of hydrogen-bond acceptors (Lipinski definition) is 1. The standard InChI is InChI=1S/C9H17NO.C3H8.C2H6/c1-7-3-5-8(6-4-7)9(11)10-2;1-3-2;1-2/h7-8H,3-6H2,1-2H3,(H,10,11);3H2,1-2H3;1-2H3. The molecule has 16 heavy (non-hydrogen) atoms. The van der Waals surface area contributed by atoms with Crippen LogP contribution in [-0.4, -0.2) is 13.0 Å². The summed E-state index contributed by atoms with van der Waals surface area (Å²) in [6, 6.07) is 0. The second kappa shape index (κ2) is 12.5. The van der Waals surface area contributed by atoms with Crippen molar-refractivity contribution in [2.75, 3.05) is 7.05 Å². The van der Waals surface area contributed by atoms with Crippen molar-refractivity contribution < 1.29 is 4.79 Å². The summed E-state index contributed by atoms with van der Waals surface area (Å²) in [5, 5.41) is 2.71. The van der Waals surface area contributed by atoms with Crippen LogP contribution in [0.2, 0.25) is 0 Å². The average Bonchev–Trinajstić information content (AvgIpc) is 2.33. The Morgan fingerprint density at radius 3 is 1.81 bits per heavy atom. The van der Waals surface area contributed by atoms with Crippen LogP contribution < -0.4 is 5.32 Å². The van der Waals surface area contributed by atoms with Crippen molar-refractivity contribution in [3.63, 3.8) is 0 Å². The van der Waals surface area contributed by atoms with Crippen LogP contribution in [0.1, 0.15) is 66.7 Å². The normalized spacial score (nSPS) is 23.1. The Bertz CT molecular complexity index is 149. The highest BCUT2D eigenvalue weighted by atomic mass is 16.1. The van der Waals surface area contributed by atoms with Gasteiger partial charge < -0.3 is 5.32 Å². The summed E-state index contributed by atoms with van der Waals surface area (Å²) in [5.41, 5.74) is 0. The van der Waals surface area contributed by atoms with Gasteiger partial charge in [0, 0.05) is 13.0 Å². The van der Waals surface area contributed by atoms with Crippen molar-refractivity contribution in [3.05, 3.63) is 0 Å². The minimum Gasteiger partial charge on any atom is -0.359 e. The zero-order valence-corrected chi connectivity index (χ0v) is 12.1. The number of amides is 1. The van der Waals surface area contributed by atoms with E-state index in [4.69, 9.17) is 0 Å². The van der Waals surface area contributed by atoms with Gasteiger partial charge in [0.05, 0.1) is 0 Å². The average molecular weight is 229 g/mol. The number of rotatable bonds is 1. The monoisotopic (exact) mass is 229 g/mol. The molecule has 0 radical (unpaired) electrons. The SMILES string of the molecule is CC.CCC.CNC(=O)C1CCC(C)CC1. The minimum absolute atomic E-state index is 0.233. The Morgan fingerprint density at radius 2 is 1.50 bits per heavy atom. The largest absolute Gasteiger partial charge is 0.359 e. The summed E-state index contributed by atoms with van der Waals surface area (Å²) in [6.07, 6.45) is 5.86. The second-order valence-electron chi connectivity index (χ2n) is 4.28. The number of hydrogen-bond donors (Lipinski definition) is 1. The van der Waals surface area contributed by atoms with E-state index in [1.807, 2.05) is 13.8 Å². The molecule has 2 heteroatoms. The number of carbonyl (C=O) groups is 1. The lowest BCUT2D eigenvalue weighted by atomic mass is 9.83. The van der Waals surface area contributed by atoms with Crippen molar-refractivity contribution in [3.8, 4) is 0 Å². The predicted molar refractivity (Wildman–Crippen MR) is 72.5 cm³/mol. The van der Waals surface area contributed by atoms with Crippen LogP contribution in [0.15, 0.2) is 0 Å². The second-order valence-corrected chi connectivity index (χ2v) is 4.28. The maximum atomic E-state index is 11.2. The van der Waals surface area contributed by atoms with E-state index in [2.05, 4.69) is 26.1 Å². The lowest BCUT2D eigenvalue weighted by Gasteiger charge is -2.24. The zero-order valence-electron chi connectivity index (χ0n) is 12.1. The van der Waals surface area contributed by atoms with Crippen molar-refractivity contribution in [1.82, 2.24) is 5.32 Å². The minimum atomic E-state index is 0.233. The maximum absolute atomic E-state index is 11.2. The molecule has 0 heterocycles. The zero-order chi connectivity index (χ0) is 13.0. The third kappa shape index (κ3) is 8.75. The number of nitrogens with one attached hydrogen (secondary N) is 1. The van der Waals surface area contributed by atoms with Crippen molar-refractivity contribution in [2.45, 2.75) is 66.7 Å². The van der Waals surface area contributed by atoms with Gasteiger partial charge in [-0.25, -0.2) is 0 Å². The van der Waals surface area contributed by atoms with Gasteiger partial charge in [0.1, 0.15) is 0 Å². The van der Waals surface area contributed by atoms with Gasteiger partial charge in [-0.15, -0.1) is 0 Å². The lowest BCUT2D eigenvalue weighted by molar-refractivity contribution is -0.125. The molecule has 0 spiro atoms. The van der Waals surface area contributed by atoms with Crippen LogP contribution in [0.5, 0.6) is 0 Å². The summed E-state index contributed by atoms with van der Waals surface area (Å²) >= 11 is 0. The van der Waals surface area contributed by atoms with Crippen LogP contribution in [0.3, 0.4) is 0 Å². The van der Waals surface area contributed by atoms with Crippen molar-refractivity contribution in [2.24, 2.45) is 11.8 Å². The molecule has 1 aliphatic rings. The molecular formula is C14H31NO. The topological polar surface area (TPSA) is 29.1 Å². The molecule has 1 N–H and O–H groups in total. The molecule has 0 bridgehead atoms. The first-order chi connectivity index (χ1) is 7.65. The fraction of sp³-hybridized carbons (Fsp3) is 0.929. The van der Waals surface area contributed by atoms with E-state index < -0.39 is 0 Å². The first-order valence-corrected chi connectivity index (χ1v) is 6.87. The van der Waals surface area contributed by atoms with E-state index in [0.717, 1.165) is 18.8 Å². The van der Waals surface area contributed by atoms with Gasteiger partial charge in [0.2, 0.25) is 5.91 Å². The fourth-order valence-electron chi connectivity index (χ4n) is 1.73. The Balaban J connectivity index is 0. The Hall–Kier alpha value is -0.530. The molecule has 0 aromatic carbocycles. The highest BCUT2D eigenvalue weighted by Crippen LogP contribution is 2.27. The van der Waals surface area contributed by atoms with E-state index in [0.29, 0.717) is 5.92 Å². The summed E-state index contributed by atoms with van der Waals surface area (Å²) in [5.74, 6) is 1.36. The lowest BCUT2D eigenvalue weighted by Crippen LogP contribution is -2.30. The third-order valence-electron chi connectivity index (χ3n) is 2.63. The molecule has 0 aromatic heterocycles. The highest BCUT2D eigenvalue weighted by molar-refractivity contribution is 5.78. The van der Waals surface area contributed by atoms with Gasteiger partial charge in [-0.05, 0) is 31.6 Å². The molecule has 1 saturated carbocycles. The molecule has 0 aliphatic heterocycles. The molecule has 98 valence electrons. The molecule has 0 atom stereocenters. The first-order valence-electron chi connectivity index (χ1n) is 6.87. The van der Waals surface area contributed by atoms with Gasteiger partial charge >= 0.3 is 0 Å². The Kier molecular flexibility index (Phi) is 14.0. The molecule has 1 amide bonds. The van der Waals surface area contributed by atoms with Gasteiger partial charge in [-0.2, -0.15) is 0 Å². The van der Waals surface area contributed by atoms with Crippen LogP contribution in [0, 0.1) is 11.8 Å². The third-order valence-corrected chi connectivity index (χ3v) is 2.63. The molecular weight excluding hydrogens is 198 g/mol. The molecule has 1 fully saturated rings. The van der Waals surface area contributed by atoms with Crippen molar-refractivity contribution in [1.29, 1.82) is 0 Å². The maximum Gasteiger partial charge on any atom is 0.222 e. The van der Waals surface area contributed by atoms with E-state index in [-0.39, 0.29) is 5.91 Å². The van der Waals surface area contributed by atoms with Crippen LogP contribution in [-0.2, 0) is 4.79 Å². The van der Waals surface area contributed by atoms with Crippen LogP contribution >= 0.6 is 0 Å². The van der Waals surface area contributed by atoms with E-state index >= 15 is 0 Å². The van der Waals surface area contributed by atoms with E-state index in [1.54, 1.807) is 7.05 Å². The summed E-state index contributed by atoms with van der Waals surface area (Å²) in [6.45, 7) is 10.5. The molecule has 0 saturated heterocycles. The van der Waals surface area contributed by atoms with Gasteiger partial charge in [0.15, 0.2) is 0 Å².